The predicted molar refractivity (Wildman–Crippen MR) is 87.3 cm³/mol. The molecule has 3 nitrogen and oxygen atoms in total. The van der Waals surface area contributed by atoms with Gasteiger partial charge in [-0.25, -0.2) is 4.98 Å². The van der Waals surface area contributed by atoms with Crippen molar-refractivity contribution in [1.29, 1.82) is 5.26 Å². The highest BCUT2D eigenvalue weighted by Crippen LogP contribution is 2.44. The SMILES string of the molecule is N#CC1(c2ccccc2)CC(Nc2cnc(Cl)c(Br)c2)C1. The topological polar surface area (TPSA) is 48.7 Å². The third-order valence-corrected chi connectivity index (χ3v) is 5.03. The minimum absolute atomic E-state index is 0.278. The molecule has 2 aromatic rings. The maximum atomic E-state index is 9.54. The first-order valence-electron chi connectivity index (χ1n) is 6.67. The quantitative estimate of drug-likeness (QED) is 0.816. The molecule has 1 aromatic carbocycles. The molecule has 21 heavy (non-hydrogen) atoms. The number of hydrogen-bond acceptors (Lipinski definition) is 3. The van der Waals surface area contributed by atoms with Crippen molar-refractivity contribution in [3.05, 3.63) is 57.8 Å². The van der Waals surface area contributed by atoms with Crippen LogP contribution in [-0.2, 0) is 5.41 Å². The molecule has 1 aliphatic carbocycles. The average Bonchev–Trinajstić information content (AvgIpc) is 2.47. The summed E-state index contributed by atoms with van der Waals surface area (Å²) < 4.78 is 0.767. The molecule has 1 aliphatic rings. The van der Waals surface area contributed by atoms with Gasteiger partial charge in [-0.2, -0.15) is 5.26 Å². The molecule has 0 aliphatic heterocycles. The van der Waals surface area contributed by atoms with Gasteiger partial charge in [0, 0.05) is 6.04 Å². The van der Waals surface area contributed by atoms with Crippen molar-refractivity contribution in [3.8, 4) is 6.07 Å². The third-order valence-electron chi connectivity index (χ3n) is 3.90. The van der Waals surface area contributed by atoms with Crippen LogP contribution in [0.25, 0.3) is 0 Å². The molecule has 106 valence electrons. The first kappa shape index (κ1) is 14.4. The number of benzene rings is 1. The Kier molecular flexibility index (Phi) is 3.88. The molecule has 1 saturated carbocycles. The van der Waals surface area contributed by atoms with Crippen LogP contribution in [0.2, 0.25) is 5.15 Å². The van der Waals surface area contributed by atoms with Crippen molar-refractivity contribution in [2.24, 2.45) is 0 Å². The zero-order valence-electron chi connectivity index (χ0n) is 11.2. The van der Waals surface area contributed by atoms with Gasteiger partial charge in [-0.3, -0.25) is 0 Å². The van der Waals surface area contributed by atoms with Crippen LogP contribution in [-0.4, -0.2) is 11.0 Å². The highest BCUT2D eigenvalue weighted by Gasteiger charge is 2.46. The highest BCUT2D eigenvalue weighted by atomic mass is 79.9. The summed E-state index contributed by atoms with van der Waals surface area (Å²) in [5.74, 6) is 0. The van der Waals surface area contributed by atoms with Crippen LogP contribution in [0.1, 0.15) is 18.4 Å². The smallest absolute Gasteiger partial charge is 0.143 e. The Bertz CT molecular complexity index is 690. The van der Waals surface area contributed by atoms with Gasteiger partial charge in [0.2, 0.25) is 0 Å². The Morgan fingerprint density at radius 2 is 2.05 bits per heavy atom. The molecule has 1 N–H and O–H groups in total. The molecule has 1 aromatic heterocycles. The fourth-order valence-corrected chi connectivity index (χ4v) is 3.22. The van der Waals surface area contributed by atoms with E-state index in [-0.39, 0.29) is 11.5 Å². The average molecular weight is 363 g/mol. The molecule has 1 heterocycles. The lowest BCUT2D eigenvalue weighted by atomic mass is 9.62. The van der Waals surface area contributed by atoms with E-state index in [2.05, 4.69) is 32.3 Å². The summed E-state index contributed by atoms with van der Waals surface area (Å²) in [5.41, 5.74) is 1.65. The van der Waals surface area contributed by atoms with E-state index in [9.17, 15) is 5.26 Å². The Labute approximate surface area is 137 Å². The molecule has 3 rings (SSSR count). The maximum absolute atomic E-state index is 9.54. The Morgan fingerprint density at radius 3 is 2.67 bits per heavy atom. The highest BCUT2D eigenvalue weighted by molar-refractivity contribution is 9.10. The molecule has 0 unspecified atom stereocenters. The van der Waals surface area contributed by atoms with Crippen molar-refractivity contribution in [2.75, 3.05) is 5.32 Å². The summed E-state index contributed by atoms with van der Waals surface area (Å²) in [4.78, 5) is 4.10. The van der Waals surface area contributed by atoms with E-state index in [4.69, 9.17) is 11.6 Å². The first-order valence-corrected chi connectivity index (χ1v) is 7.84. The number of pyridine rings is 1. The molecule has 0 amide bonds. The number of anilines is 1. The minimum Gasteiger partial charge on any atom is -0.381 e. The fourth-order valence-electron chi connectivity index (χ4n) is 2.77. The molecule has 0 atom stereocenters. The Morgan fingerprint density at radius 1 is 1.33 bits per heavy atom. The van der Waals surface area contributed by atoms with E-state index in [1.165, 1.54) is 0 Å². The number of halogens is 2. The van der Waals surface area contributed by atoms with Crippen LogP contribution in [0.5, 0.6) is 0 Å². The number of aromatic nitrogens is 1. The van der Waals surface area contributed by atoms with E-state index in [1.807, 2.05) is 36.4 Å². The molecule has 0 saturated heterocycles. The van der Waals surface area contributed by atoms with Gasteiger partial charge in [0.15, 0.2) is 0 Å². The number of nitrogens with zero attached hydrogens (tertiary/aromatic N) is 2. The standard InChI is InChI=1S/C16H13BrClN3/c17-14-6-12(9-20-15(14)18)21-13-7-16(8-13,10-19)11-4-2-1-3-5-11/h1-6,9,13,21H,7-8H2. The monoisotopic (exact) mass is 361 g/mol. The number of nitriles is 1. The van der Waals surface area contributed by atoms with Gasteiger partial charge in [-0.05, 0) is 40.4 Å². The van der Waals surface area contributed by atoms with Gasteiger partial charge < -0.3 is 5.32 Å². The van der Waals surface area contributed by atoms with Crippen molar-refractivity contribution in [2.45, 2.75) is 24.3 Å². The molecule has 0 bridgehead atoms. The molecule has 0 spiro atoms. The lowest BCUT2D eigenvalue weighted by Gasteiger charge is -2.43. The van der Waals surface area contributed by atoms with Gasteiger partial charge in [0.1, 0.15) is 5.15 Å². The lowest BCUT2D eigenvalue weighted by molar-refractivity contribution is 0.289. The summed E-state index contributed by atoms with van der Waals surface area (Å²) >= 11 is 9.25. The van der Waals surface area contributed by atoms with E-state index in [0.717, 1.165) is 28.6 Å². The van der Waals surface area contributed by atoms with Crippen LogP contribution in [0.15, 0.2) is 47.1 Å². The summed E-state index contributed by atoms with van der Waals surface area (Å²) in [6, 6.07) is 14.7. The van der Waals surface area contributed by atoms with E-state index in [0.29, 0.717) is 5.15 Å². The summed E-state index contributed by atoms with van der Waals surface area (Å²) in [7, 11) is 0. The van der Waals surface area contributed by atoms with Crippen molar-refractivity contribution < 1.29 is 0 Å². The second kappa shape index (κ2) is 5.67. The zero-order valence-corrected chi connectivity index (χ0v) is 13.5. The first-order chi connectivity index (χ1) is 10.1. The van der Waals surface area contributed by atoms with Crippen LogP contribution in [0.3, 0.4) is 0 Å². The Balaban J connectivity index is 1.70. The largest absolute Gasteiger partial charge is 0.381 e. The summed E-state index contributed by atoms with van der Waals surface area (Å²) in [6.07, 6.45) is 3.31. The third kappa shape index (κ3) is 2.76. The van der Waals surface area contributed by atoms with Crippen LogP contribution >= 0.6 is 27.5 Å². The van der Waals surface area contributed by atoms with Crippen molar-refractivity contribution in [3.63, 3.8) is 0 Å². The van der Waals surface area contributed by atoms with Crippen LogP contribution < -0.4 is 5.32 Å². The fraction of sp³-hybridized carbons (Fsp3) is 0.250. The molecule has 0 radical (unpaired) electrons. The molecule has 1 fully saturated rings. The van der Waals surface area contributed by atoms with E-state index in [1.54, 1.807) is 6.20 Å². The van der Waals surface area contributed by atoms with Gasteiger partial charge >= 0.3 is 0 Å². The van der Waals surface area contributed by atoms with Crippen molar-refractivity contribution >= 4 is 33.2 Å². The zero-order chi connectivity index (χ0) is 14.9. The summed E-state index contributed by atoms with van der Waals surface area (Å²) in [5, 5.41) is 13.4. The maximum Gasteiger partial charge on any atom is 0.143 e. The van der Waals surface area contributed by atoms with Gasteiger partial charge in [0.05, 0.1) is 27.8 Å². The summed E-state index contributed by atoms with van der Waals surface area (Å²) in [6.45, 7) is 0. The lowest BCUT2D eigenvalue weighted by Crippen LogP contribution is -2.47. The number of nitrogens with one attached hydrogen (secondary N) is 1. The van der Waals surface area contributed by atoms with Gasteiger partial charge in [-0.15, -0.1) is 0 Å². The Hall–Kier alpha value is -1.57. The predicted octanol–water partition coefficient (Wildman–Crippen LogP) is 4.53. The number of rotatable bonds is 3. The van der Waals surface area contributed by atoms with Crippen molar-refractivity contribution in [1.82, 2.24) is 4.98 Å². The van der Waals surface area contributed by atoms with E-state index < -0.39 is 0 Å². The molecule has 5 heteroatoms. The second-order valence-corrected chi connectivity index (χ2v) is 6.52. The van der Waals surface area contributed by atoms with E-state index >= 15 is 0 Å². The second-order valence-electron chi connectivity index (χ2n) is 5.31. The minimum atomic E-state index is -0.365. The number of hydrogen-bond donors (Lipinski definition) is 1. The van der Waals surface area contributed by atoms with Crippen LogP contribution in [0.4, 0.5) is 5.69 Å². The van der Waals surface area contributed by atoms with Crippen LogP contribution in [0, 0.1) is 11.3 Å². The molecular formula is C16H13BrClN3. The molecular weight excluding hydrogens is 350 g/mol. The van der Waals surface area contributed by atoms with Gasteiger partial charge in [-0.1, -0.05) is 41.9 Å². The van der Waals surface area contributed by atoms with Gasteiger partial charge in [0.25, 0.3) is 0 Å². The normalized spacial score (nSPS) is 24.0.